The summed E-state index contributed by atoms with van der Waals surface area (Å²) in [6, 6.07) is 18.1. The minimum Gasteiger partial charge on any atom is -0.399 e. The highest BCUT2D eigenvalue weighted by Gasteiger charge is 2.00. The fourth-order valence-corrected chi connectivity index (χ4v) is 2.48. The lowest BCUT2D eigenvalue weighted by molar-refractivity contribution is 0.275. The van der Waals surface area contributed by atoms with Crippen LogP contribution in [0.3, 0.4) is 0 Å². The highest BCUT2D eigenvalue weighted by Crippen LogP contribution is 2.25. The van der Waals surface area contributed by atoms with Crippen molar-refractivity contribution in [2.24, 2.45) is 0 Å². The number of anilines is 3. The van der Waals surface area contributed by atoms with Crippen LogP contribution in [0.4, 0.5) is 17.1 Å². The predicted molar refractivity (Wildman–Crippen MR) is 135 cm³/mol. The van der Waals surface area contributed by atoms with Crippen LogP contribution >= 0.6 is 7.82 Å². The average Bonchev–Trinajstić information content (AvgIpc) is 2.65. The third-order valence-corrected chi connectivity index (χ3v) is 4.28. The van der Waals surface area contributed by atoms with Crippen molar-refractivity contribution in [3.63, 3.8) is 0 Å². The van der Waals surface area contributed by atoms with E-state index in [1.165, 1.54) is 16.7 Å². The van der Waals surface area contributed by atoms with Gasteiger partial charge in [-0.3, -0.25) is 0 Å². The van der Waals surface area contributed by atoms with Crippen LogP contribution in [0.5, 0.6) is 0 Å². The fourth-order valence-electron chi connectivity index (χ4n) is 2.48. The summed E-state index contributed by atoms with van der Waals surface area (Å²) in [4.78, 5) is 21.6. The van der Waals surface area contributed by atoms with Gasteiger partial charge in [0.25, 0.3) is 0 Å². The van der Waals surface area contributed by atoms with Crippen molar-refractivity contribution in [1.82, 2.24) is 0 Å². The summed E-state index contributed by atoms with van der Waals surface area (Å²) in [5.41, 5.74) is 26.7. The number of nitrogens with two attached hydrogens (primary N) is 3. The third kappa shape index (κ3) is 14.2. The second-order valence-electron chi connectivity index (χ2n) is 7.59. The molecule has 3 aromatic carbocycles. The first kappa shape index (κ1) is 29.2. The Morgan fingerprint density at radius 2 is 0.719 bits per heavy atom. The smallest absolute Gasteiger partial charge is 0.399 e. The molecule has 8 heteroatoms. The maximum Gasteiger partial charge on any atom is 0.466 e. The topological polar surface area (TPSA) is 156 Å². The summed E-state index contributed by atoms with van der Waals surface area (Å²) in [5, 5.41) is 0. The van der Waals surface area contributed by atoms with Crippen molar-refractivity contribution in [3.05, 3.63) is 88.0 Å². The zero-order valence-corrected chi connectivity index (χ0v) is 20.5. The summed E-state index contributed by atoms with van der Waals surface area (Å²) in [6.07, 6.45) is 0. The van der Waals surface area contributed by atoms with Gasteiger partial charge in [0.05, 0.1) is 0 Å². The van der Waals surface area contributed by atoms with Gasteiger partial charge in [0.2, 0.25) is 0 Å². The zero-order chi connectivity index (χ0) is 25.1. The van der Waals surface area contributed by atoms with E-state index < -0.39 is 7.82 Å². The maximum absolute atomic E-state index is 8.88. The van der Waals surface area contributed by atoms with Crippen LogP contribution in [-0.4, -0.2) is 14.7 Å². The van der Waals surface area contributed by atoms with E-state index >= 15 is 0 Å². The van der Waals surface area contributed by atoms with Crippen molar-refractivity contribution in [3.8, 4) is 0 Å². The molecule has 0 aromatic heterocycles. The van der Waals surface area contributed by atoms with Crippen molar-refractivity contribution < 1.29 is 19.2 Å². The van der Waals surface area contributed by atoms with Crippen LogP contribution < -0.4 is 17.2 Å². The summed E-state index contributed by atoms with van der Waals surface area (Å²) in [6.45, 7) is 12.2. The lowest BCUT2D eigenvalue weighted by Crippen LogP contribution is -1.88. The molecule has 0 saturated carbocycles. The minimum atomic E-state index is -4.64. The average molecular weight is 462 g/mol. The standard InChI is InChI=1S/3C8H11N.H3O4P/c3*1-6-3-4-8(9)7(2)5-6;1-5(2,3)4/h3*3-5H,9H2,1-2H3;(H3,1,2,3,4). The Kier molecular flexibility index (Phi) is 12.4. The Balaban J connectivity index is 0.000000410. The molecular formula is C24H36N3O4P. The molecule has 3 rings (SSSR count). The predicted octanol–water partition coefficient (Wildman–Crippen LogP) is 4.73. The van der Waals surface area contributed by atoms with Gasteiger partial charge < -0.3 is 31.9 Å². The molecule has 0 saturated heterocycles. The first-order valence-corrected chi connectivity index (χ1v) is 11.4. The number of hydrogen-bond donors (Lipinski definition) is 6. The number of benzene rings is 3. The monoisotopic (exact) mass is 461 g/mol. The fraction of sp³-hybridized carbons (Fsp3) is 0.250. The highest BCUT2D eigenvalue weighted by atomic mass is 31.2. The molecule has 32 heavy (non-hydrogen) atoms. The molecule has 0 amide bonds. The quantitative estimate of drug-likeness (QED) is 0.209. The van der Waals surface area contributed by atoms with Crippen LogP contribution in [0.25, 0.3) is 0 Å². The van der Waals surface area contributed by atoms with E-state index in [0.717, 1.165) is 33.8 Å². The zero-order valence-electron chi connectivity index (χ0n) is 19.6. The Bertz CT molecular complexity index is 923. The summed E-state index contributed by atoms with van der Waals surface area (Å²) < 4.78 is 8.88. The second-order valence-corrected chi connectivity index (χ2v) is 8.62. The summed E-state index contributed by atoms with van der Waals surface area (Å²) in [5.74, 6) is 0. The molecule has 0 aliphatic heterocycles. The molecule has 0 radical (unpaired) electrons. The summed E-state index contributed by atoms with van der Waals surface area (Å²) >= 11 is 0. The molecule has 0 aliphatic rings. The van der Waals surface area contributed by atoms with E-state index in [2.05, 4.69) is 39.0 Å². The molecule has 0 aliphatic carbocycles. The SMILES string of the molecule is Cc1ccc(N)c(C)c1.Cc1ccc(N)c(C)c1.Cc1ccc(N)c(C)c1.O=P(O)(O)O. The Morgan fingerprint density at radius 1 is 0.531 bits per heavy atom. The van der Waals surface area contributed by atoms with Crippen molar-refractivity contribution in [2.45, 2.75) is 41.5 Å². The normalized spacial score (nSPS) is 9.91. The molecule has 7 nitrogen and oxygen atoms in total. The first-order chi connectivity index (χ1) is 14.6. The van der Waals surface area contributed by atoms with E-state index in [1.54, 1.807) is 0 Å². The van der Waals surface area contributed by atoms with Crippen LogP contribution in [0.15, 0.2) is 54.6 Å². The molecule has 0 heterocycles. The van der Waals surface area contributed by atoms with Gasteiger partial charge in [-0.2, -0.15) is 0 Å². The van der Waals surface area contributed by atoms with Crippen LogP contribution in [-0.2, 0) is 4.57 Å². The van der Waals surface area contributed by atoms with Crippen LogP contribution in [0, 0.1) is 41.5 Å². The van der Waals surface area contributed by atoms with Crippen LogP contribution in [0.2, 0.25) is 0 Å². The number of aryl methyl sites for hydroxylation is 6. The Hall–Kier alpha value is -2.83. The molecule has 0 atom stereocenters. The molecule has 0 fully saturated rings. The van der Waals surface area contributed by atoms with E-state index in [9.17, 15) is 0 Å². The van der Waals surface area contributed by atoms with Crippen molar-refractivity contribution in [1.29, 1.82) is 0 Å². The van der Waals surface area contributed by atoms with Gasteiger partial charge in [-0.1, -0.05) is 53.1 Å². The van der Waals surface area contributed by atoms with E-state index in [0.29, 0.717) is 0 Å². The van der Waals surface area contributed by atoms with Gasteiger partial charge >= 0.3 is 7.82 Å². The number of hydrogen-bond acceptors (Lipinski definition) is 4. The number of rotatable bonds is 0. The first-order valence-electron chi connectivity index (χ1n) is 9.86. The molecule has 3 aromatic rings. The maximum atomic E-state index is 8.88. The lowest BCUT2D eigenvalue weighted by atomic mass is 10.1. The summed E-state index contributed by atoms with van der Waals surface area (Å²) in [7, 11) is -4.64. The largest absolute Gasteiger partial charge is 0.466 e. The molecule has 0 spiro atoms. The molecule has 0 unspecified atom stereocenters. The van der Waals surface area contributed by atoms with Gasteiger partial charge in [0, 0.05) is 17.1 Å². The molecular weight excluding hydrogens is 425 g/mol. The van der Waals surface area contributed by atoms with Gasteiger partial charge in [-0.05, 0) is 76.4 Å². The number of phosphoric acid groups is 1. The second kappa shape index (κ2) is 13.6. The van der Waals surface area contributed by atoms with Gasteiger partial charge in [-0.25, -0.2) is 4.57 Å². The van der Waals surface area contributed by atoms with Gasteiger partial charge in [-0.15, -0.1) is 0 Å². The number of nitrogen functional groups attached to an aromatic ring is 3. The van der Waals surface area contributed by atoms with Gasteiger partial charge in [0.15, 0.2) is 0 Å². The van der Waals surface area contributed by atoms with Crippen molar-refractivity contribution >= 4 is 24.9 Å². The van der Waals surface area contributed by atoms with Crippen molar-refractivity contribution in [2.75, 3.05) is 17.2 Å². The molecule has 0 bridgehead atoms. The van der Waals surface area contributed by atoms with E-state index in [-0.39, 0.29) is 0 Å². The lowest BCUT2D eigenvalue weighted by Gasteiger charge is -1.98. The van der Waals surface area contributed by atoms with Gasteiger partial charge in [0.1, 0.15) is 0 Å². The molecule has 9 N–H and O–H groups in total. The Morgan fingerprint density at radius 3 is 0.844 bits per heavy atom. The minimum absolute atomic E-state index is 0.876. The van der Waals surface area contributed by atoms with E-state index in [4.69, 9.17) is 36.4 Å². The highest BCUT2D eigenvalue weighted by molar-refractivity contribution is 7.45. The Labute approximate surface area is 191 Å². The molecule has 176 valence electrons. The van der Waals surface area contributed by atoms with Crippen LogP contribution in [0.1, 0.15) is 33.4 Å². The third-order valence-electron chi connectivity index (χ3n) is 4.28. The van der Waals surface area contributed by atoms with E-state index in [1.807, 2.05) is 57.2 Å².